The van der Waals surface area contributed by atoms with Gasteiger partial charge in [-0.3, -0.25) is 4.79 Å². The van der Waals surface area contributed by atoms with Crippen LogP contribution in [0.3, 0.4) is 0 Å². The number of aromatic hydroxyl groups is 1. The fraction of sp³-hybridized carbons (Fsp3) is 0.214. The van der Waals surface area contributed by atoms with Crippen molar-refractivity contribution in [1.29, 1.82) is 0 Å². The van der Waals surface area contributed by atoms with Crippen molar-refractivity contribution in [2.45, 2.75) is 19.8 Å². The van der Waals surface area contributed by atoms with Crippen LogP contribution >= 0.6 is 11.6 Å². The number of ether oxygens (including phenoxy) is 1. The number of rotatable bonds is 4. The van der Waals surface area contributed by atoms with E-state index < -0.39 is 23.4 Å². The highest BCUT2D eigenvalue weighted by atomic mass is 35.5. The molecule has 1 rings (SSSR count). The Morgan fingerprint density at radius 1 is 1.59 bits per heavy atom. The molecule has 22 heavy (non-hydrogen) atoms. The van der Waals surface area contributed by atoms with E-state index in [1.165, 1.54) is 6.92 Å². The number of pyridine rings is 1. The van der Waals surface area contributed by atoms with Crippen molar-refractivity contribution in [2.75, 3.05) is 0 Å². The molecular weight excluding hydrogens is 323 g/mol. The highest BCUT2D eigenvalue weighted by Gasteiger charge is 2.31. The summed E-state index contributed by atoms with van der Waals surface area (Å²) in [5.74, 6) is 1.27. The maximum Gasteiger partial charge on any atom is 0.573 e. The summed E-state index contributed by atoms with van der Waals surface area (Å²) in [4.78, 5) is 11.7. The Bertz CT molecular complexity index is 712. The van der Waals surface area contributed by atoms with E-state index in [1.807, 2.05) is 0 Å². The average Bonchev–Trinajstić information content (AvgIpc) is 2.41. The molecule has 0 saturated carbocycles. The van der Waals surface area contributed by atoms with Gasteiger partial charge in [-0.2, -0.15) is 0 Å². The lowest BCUT2D eigenvalue weighted by Gasteiger charge is -2.11. The summed E-state index contributed by atoms with van der Waals surface area (Å²) in [6, 6.07) is 0.874. The Balaban J connectivity index is 3.08. The Morgan fingerprint density at radius 3 is 2.73 bits per heavy atom. The first-order valence-electron chi connectivity index (χ1n) is 5.84. The standard InChI is InChI=1S/C14H11ClF3NO3/c1-3-9(5-10(4-2)22-14(16,17)18)7-19-8-11(15)12(20)6-13(19)21/h1,4-6,8,20H,7H2,2H3. The van der Waals surface area contributed by atoms with Gasteiger partial charge in [0.15, 0.2) is 0 Å². The van der Waals surface area contributed by atoms with Crippen molar-refractivity contribution in [3.05, 3.63) is 51.1 Å². The van der Waals surface area contributed by atoms with Gasteiger partial charge in [0, 0.05) is 17.8 Å². The van der Waals surface area contributed by atoms with Gasteiger partial charge in [-0.05, 0) is 19.1 Å². The van der Waals surface area contributed by atoms with Crippen LogP contribution in [-0.2, 0) is 11.3 Å². The summed E-state index contributed by atoms with van der Waals surface area (Å²) in [6.45, 7) is 1.14. The largest absolute Gasteiger partial charge is 0.573 e. The number of halogens is 4. The summed E-state index contributed by atoms with van der Waals surface area (Å²) in [7, 11) is 0. The number of alkyl halides is 3. The molecule has 1 N–H and O–H groups in total. The van der Waals surface area contributed by atoms with E-state index in [0.717, 1.165) is 29.0 Å². The average molecular weight is 334 g/mol. The van der Waals surface area contributed by atoms with Crippen molar-refractivity contribution in [3.63, 3.8) is 0 Å². The Morgan fingerprint density at radius 2 is 2.23 bits per heavy atom. The van der Waals surface area contributed by atoms with E-state index >= 15 is 0 Å². The van der Waals surface area contributed by atoms with Gasteiger partial charge in [-0.15, -0.1) is 19.6 Å². The van der Waals surface area contributed by atoms with E-state index in [1.54, 1.807) is 0 Å². The fourth-order valence-electron chi connectivity index (χ4n) is 1.45. The quantitative estimate of drug-likeness (QED) is 0.523. The van der Waals surface area contributed by atoms with E-state index in [0.29, 0.717) is 0 Å². The highest BCUT2D eigenvalue weighted by molar-refractivity contribution is 6.31. The topological polar surface area (TPSA) is 51.5 Å². The molecule has 0 saturated heterocycles. The molecule has 4 nitrogen and oxygen atoms in total. The minimum absolute atomic E-state index is 0.0567. The van der Waals surface area contributed by atoms with Gasteiger partial charge in [0.1, 0.15) is 11.5 Å². The minimum Gasteiger partial charge on any atom is -0.506 e. The molecule has 8 heteroatoms. The predicted molar refractivity (Wildman–Crippen MR) is 75.2 cm³/mol. The van der Waals surface area contributed by atoms with Gasteiger partial charge in [-0.25, -0.2) is 0 Å². The first-order valence-corrected chi connectivity index (χ1v) is 6.22. The lowest BCUT2D eigenvalue weighted by Crippen LogP contribution is -2.19. The van der Waals surface area contributed by atoms with Crippen LogP contribution in [0.25, 0.3) is 0 Å². The molecule has 0 aliphatic heterocycles. The Labute approximate surface area is 129 Å². The summed E-state index contributed by atoms with van der Waals surface area (Å²) < 4.78 is 41.4. The third-order valence-electron chi connectivity index (χ3n) is 2.42. The second kappa shape index (κ2) is 7.09. The van der Waals surface area contributed by atoms with Gasteiger partial charge in [-0.1, -0.05) is 17.5 Å². The second-order valence-corrected chi connectivity index (χ2v) is 4.43. The van der Waals surface area contributed by atoms with Gasteiger partial charge in [0.25, 0.3) is 5.56 Å². The van der Waals surface area contributed by atoms with Crippen LogP contribution in [-0.4, -0.2) is 16.0 Å². The highest BCUT2D eigenvalue weighted by Crippen LogP contribution is 2.23. The number of terminal acetylenes is 1. The number of aromatic nitrogens is 1. The van der Waals surface area contributed by atoms with Crippen molar-refractivity contribution in [3.8, 4) is 18.1 Å². The number of hydrogen-bond acceptors (Lipinski definition) is 3. The zero-order chi connectivity index (χ0) is 16.9. The second-order valence-electron chi connectivity index (χ2n) is 4.03. The van der Waals surface area contributed by atoms with Crippen LogP contribution in [0.15, 0.2) is 40.5 Å². The lowest BCUT2D eigenvalue weighted by molar-refractivity contribution is -0.303. The molecule has 1 heterocycles. The predicted octanol–water partition coefficient (Wildman–Crippen LogP) is 3.21. The number of nitrogens with zero attached hydrogens (tertiary/aromatic N) is 1. The molecule has 118 valence electrons. The van der Waals surface area contributed by atoms with Crippen LogP contribution in [0.5, 0.6) is 5.75 Å². The molecular formula is C14H11ClF3NO3. The Hall–Kier alpha value is -2.33. The third kappa shape index (κ3) is 5.22. The Kier molecular flexibility index (Phi) is 5.71. The monoisotopic (exact) mass is 333 g/mol. The molecule has 0 atom stereocenters. The fourth-order valence-corrected chi connectivity index (χ4v) is 1.62. The van der Waals surface area contributed by atoms with Crippen molar-refractivity contribution >= 4 is 11.6 Å². The van der Waals surface area contributed by atoms with E-state index in [-0.39, 0.29) is 17.1 Å². The molecule has 1 aromatic rings. The molecule has 0 aliphatic carbocycles. The van der Waals surface area contributed by atoms with Crippen molar-refractivity contribution in [1.82, 2.24) is 4.57 Å². The van der Waals surface area contributed by atoms with Crippen LogP contribution in [0.2, 0.25) is 5.02 Å². The van der Waals surface area contributed by atoms with Gasteiger partial charge >= 0.3 is 6.36 Å². The number of hydrogen-bond donors (Lipinski definition) is 1. The van der Waals surface area contributed by atoms with E-state index in [9.17, 15) is 23.1 Å². The van der Waals surface area contributed by atoms with Gasteiger partial charge < -0.3 is 14.4 Å². The molecule has 0 amide bonds. The van der Waals surface area contributed by atoms with Gasteiger partial charge in [0.2, 0.25) is 0 Å². The summed E-state index contributed by atoms with van der Waals surface area (Å²) in [5, 5.41) is 9.18. The van der Waals surface area contributed by atoms with Crippen molar-refractivity contribution < 1.29 is 23.0 Å². The van der Waals surface area contributed by atoms with Crippen LogP contribution in [0.1, 0.15) is 6.92 Å². The first-order chi connectivity index (χ1) is 10.2. The molecule has 0 spiro atoms. The zero-order valence-electron chi connectivity index (χ0n) is 11.3. The maximum atomic E-state index is 12.2. The maximum absolute atomic E-state index is 12.2. The molecule has 1 aromatic heterocycles. The first kappa shape index (κ1) is 17.7. The SMILES string of the molecule is C#CC(=CC(=CC)OC(F)(F)F)Cn1cc(Cl)c(O)cc1=O. The zero-order valence-corrected chi connectivity index (χ0v) is 12.1. The molecule has 0 aromatic carbocycles. The van der Waals surface area contributed by atoms with Crippen LogP contribution in [0.4, 0.5) is 13.2 Å². The van der Waals surface area contributed by atoms with E-state index in [4.69, 9.17) is 18.0 Å². The number of allylic oxidation sites excluding steroid dienone is 3. The smallest absolute Gasteiger partial charge is 0.506 e. The van der Waals surface area contributed by atoms with Crippen molar-refractivity contribution in [2.24, 2.45) is 0 Å². The lowest BCUT2D eigenvalue weighted by atomic mass is 10.2. The van der Waals surface area contributed by atoms with Gasteiger partial charge in [0.05, 0.1) is 11.6 Å². The minimum atomic E-state index is -4.85. The molecule has 0 bridgehead atoms. The molecule has 0 unspecified atom stereocenters. The summed E-state index contributed by atoms with van der Waals surface area (Å²) in [5.41, 5.74) is -0.553. The molecule has 0 fully saturated rings. The molecule has 0 radical (unpaired) electrons. The van der Waals surface area contributed by atoms with Crippen LogP contribution < -0.4 is 5.56 Å². The normalized spacial score (nSPS) is 12.9. The summed E-state index contributed by atoms with van der Waals surface area (Å²) in [6.07, 6.45) is 3.57. The third-order valence-corrected chi connectivity index (χ3v) is 2.71. The van der Waals surface area contributed by atoms with E-state index in [2.05, 4.69) is 10.7 Å². The molecule has 0 aliphatic rings. The van der Waals surface area contributed by atoms with Crippen LogP contribution in [0, 0.1) is 12.3 Å². The summed E-state index contributed by atoms with van der Waals surface area (Å²) >= 11 is 5.67.